The number of hydrogen-bond donors (Lipinski definition) is 2. The third-order valence-electron chi connectivity index (χ3n) is 4.69. The van der Waals surface area contributed by atoms with Gasteiger partial charge in [0.25, 0.3) is 5.91 Å². The highest BCUT2D eigenvalue weighted by Gasteiger charge is 2.30. The van der Waals surface area contributed by atoms with Gasteiger partial charge < -0.3 is 20.3 Å². The van der Waals surface area contributed by atoms with Crippen LogP contribution in [0.3, 0.4) is 0 Å². The first-order valence-electron chi connectivity index (χ1n) is 9.10. The van der Waals surface area contributed by atoms with Crippen molar-refractivity contribution in [1.29, 1.82) is 0 Å². The van der Waals surface area contributed by atoms with Crippen LogP contribution in [0.2, 0.25) is 0 Å². The average Bonchev–Trinajstić information content (AvgIpc) is 2.72. The molecule has 1 aliphatic rings. The van der Waals surface area contributed by atoms with Crippen LogP contribution in [0.1, 0.15) is 28.9 Å². The monoisotopic (exact) mass is 403 g/mol. The molecule has 2 amide bonds. The van der Waals surface area contributed by atoms with E-state index in [4.69, 9.17) is 4.74 Å². The van der Waals surface area contributed by atoms with Gasteiger partial charge in [0.1, 0.15) is 11.8 Å². The first kappa shape index (κ1) is 21.7. The van der Waals surface area contributed by atoms with E-state index in [0.717, 1.165) is 12.1 Å². The van der Waals surface area contributed by atoms with Gasteiger partial charge in [0.15, 0.2) is 0 Å². The summed E-state index contributed by atoms with van der Waals surface area (Å²) >= 11 is 0. The maximum absolute atomic E-state index is 13.2. The molecule has 3 rings (SSSR count). The second-order valence-corrected chi connectivity index (χ2v) is 6.69. The van der Waals surface area contributed by atoms with Gasteiger partial charge in [-0.05, 0) is 36.8 Å². The number of carbonyl (C=O) groups excluding carboxylic acids is 2. The van der Waals surface area contributed by atoms with Crippen LogP contribution in [-0.4, -0.2) is 49.5 Å². The molecule has 2 N–H and O–H groups in total. The topological polar surface area (TPSA) is 70.7 Å². The number of piperazine rings is 1. The summed E-state index contributed by atoms with van der Waals surface area (Å²) in [5, 5.41) is 6.24. The third kappa shape index (κ3) is 5.24. The second-order valence-electron chi connectivity index (χ2n) is 6.69. The highest BCUT2D eigenvalue weighted by atomic mass is 35.5. The van der Waals surface area contributed by atoms with Crippen molar-refractivity contribution in [2.75, 3.05) is 26.7 Å². The molecule has 0 aliphatic carbocycles. The minimum atomic E-state index is -0.717. The quantitative estimate of drug-likeness (QED) is 0.804. The minimum Gasteiger partial charge on any atom is -0.497 e. The molecule has 6 nitrogen and oxygen atoms in total. The van der Waals surface area contributed by atoms with Crippen molar-refractivity contribution in [1.82, 2.24) is 15.5 Å². The van der Waals surface area contributed by atoms with E-state index in [0.29, 0.717) is 24.4 Å². The van der Waals surface area contributed by atoms with E-state index in [1.54, 1.807) is 31.4 Å². The Bertz CT molecular complexity index is 783. The van der Waals surface area contributed by atoms with E-state index in [9.17, 15) is 9.59 Å². The first-order valence-corrected chi connectivity index (χ1v) is 9.10. The van der Waals surface area contributed by atoms with Crippen molar-refractivity contribution in [2.45, 2.75) is 19.0 Å². The number of nitrogens with zero attached hydrogens (tertiary/aromatic N) is 1. The van der Waals surface area contributed by atoms with Crippen LogP contribution in [0.5, 0.6) is 5.75 Å². The van der Waals surface area contributed by atoms with Crippen LogP contribution < -0.4 is 15.4 Å². The highest BCUT2D eigenvalue weighted by Crippen LogP contribution is 2.19. The SMILES string of the molecule is COc1ccc(C(=O)NC(C(=O)N2CCNC(C)C2)c2ccccc2)cc1.Cl. The standard InChI is InChI=1S/C21H25N3O3.ClH/c1-15-14-24(13-12-22-15)21(26)19(16-6-4-3-5-7-16)23-20(25)17-8-10-18(27-2)11-9-17;/h3-11,15,19,22H,12-14H2,1-2H3,(H,23,25);1H. The molecule has 1 fully saturated rings. The first-order chi connectivity index (χ1) is 13.1. The maximum atomic E-state index is 13.2. The Hall–Kier alpha value is -2.57. The van der Waals surface area contributed by atoms with Crippen molar-refractivity contribution in [3.63, 3.8) is 0 Å². The lowest BCUT2D eigenvalue weighted by molar-refractivity contribution is -0.134. The van der Waals surface area contributed by atoms with Gasteiger partial charge in [0.05, 0.1) is 7.11 Å². The van der Waals surface area contributed by atoms with Gasteiger partial charge in [-0.1, -0.05) is 30.3 Å². The number of ether oxygens (including phenoxy) is 1. The molecule has 0 spiro atoms. The normalized spacial score (nSPS) is 17.2. The summed E-state index contributed by atoms with van der Waals surface area (Å²) in [4.78, 5) is 27.7. The van der Waals surface area contributed by atoms with Gasteiger partial charge in [-0.15, -0.1) is 12.4 Å². The summed E-state index contributed by atoms with van der Waals surface area (Å²) in [6, 6.07) is 15.7. The molecule has 1 aliphatic heterocycles. The largest absolute Gasteiger partial charge is 0.497 e. The number of hydrogen-bond acceptors (Lipinski definition) is 4. The smallest absolute Gasteiger partial charge is 0.252 e. The lowest BCUT2D eigenvalue weighted by Gasteiger charge is -2.34. The van der Waals surface area contributed by atoms with Crippen molar-refractivity contribution >= 4 is 24.2 Å². The van der Waals surface area contributed by atoms with Crippen molar-refractivity contribution in [3.8, 4) is 5.75 Å². The molecule has 0 bridgehead atoms. The maximum Gasteiger partial charge on any atom is 0.252 e. The predicted molar refractivity (Wildman–Crippen MR) is 111 cm³/mol. The fraction of sp³-hybridized carbons (Fsp3) is 0.333. The Morgan fingerprint density at radius 2 is 1.82 bits per heavy atom. The van der Waals surface area contributed by atoms with Crippen LogP contribution in [0.15, 0.2) is 54.6 Å². The second kappa shape index (κ2) is 10.1. The van der Waals surface area contributed by atoms with Crippen LogP contribution >= 0.6 is 12.4 Å². The zero-order valence-electron chi connectivity index (χ0n) is 16.1. The van der Waals surface area contributed by atoms with Gasteiger partial charge in [-0.2, -0.15) is 0 Å². The molecule has 2 atom stereocenters. The van der Waals surface area contributed by atoms with Gasteiger partial charge in [0.2, 0.25) is 5.91 Å². The van der Waals surface area contributed by atoms with Crippen LogP contribution in [-0.2, 0) is 4.79 Å². The van der Waals surface area contributed by atoms with Crippen molar-refractivity contribution in [3.05, 3.63) is 65.7 Å². The lowest BCUT2D eigenvalue weighted by Crippen LogP contribution is -2.54. The zero-order valence-corrected chi connectivity index (χ0v) is 16.9. The number of nitrogens with one attached hydrogen (secondary N) is 2. The molecule has 0 saturated carbocycles. The van der Waals surface area contributed by atoms with Gasteiger partial charge >= 0.3 is 0 Å². The fourth-order valence-electron chi connectivity index (χ4n) is 3.21. The van der Waals surface area contributed by atoms with E-state index in [1.165, 1.54) is 0 Å². The summed E-state index contributed by atoms with van der Waals surface area (Å²) in [5.74, 6) is 0.302. The Labute approximate surface area is 171 Å². The number of methoxy groups -OCH3 is 1. The lowest BCUT2D eigenvalue weighted by atomic mass is 10.0. The third-order valence-corrected chi connectivity index (χ3v) is 4.69. The number of rotatable bonds is 5. The van der Waals surface area contributed by atoms with Gasteiger partial charge in [0, 0.05) is 31.2 Å². The molecule has 2 aromatic carbocycles. The molecule has 2 unspecified atom stereocenters. The Morgan fingerprint density at radius 3 is 2.43 bits per heavy atom. The van der Waals surface area contributed by atoms with E-state index in [1.807, 2.05) is 42.2 Å². The molecular formula is C21H26ClN3O3. The summed E-state index contributed by atoms with van der Waals surface area (Å²) in [6.45, 7) is 4.05. The molecule has 0 aromatic heterocycles. The molecule has 1 saturated heterocycles. The van der Waals surface area contributed by atoms with Gasteiger partial charge in [-0.25, -0.2) is 0 Å². The summed E-state index contributed by atoms with van der Waals surface area (Å²) in [5.41, 5.74) is 1.26. The number of halogens is 1. The molecule has 7 heteroatoms. The fourth-order valence-corrected chi connectivity index (χ4v) is 3.21. The van der Waals surface area contributed by atoms with E-state index in [2.05, 4.69) is 10.6 Å². The summed E-state index contributed by atoms with van der Waals surface area (Å²) in [6.07, 6.45) is 0. The molecular weight excluding hydrogens is 378 g/mol. The average molecular weight is 404 g/mol. The highest BCUT2D eigenvalue weighted by molar-refractivity contribution is 5.98. The molecule has 28 heavy (non-hydrogen) atoms. The van der Waals surface area contributed by atoms with Crippen LogP contribution in [0.25, 0.3) is 0 Å². The number of amides is 2. The van der Waals surface area contributed by atoms with E-state index in [-0.39, 0.29) is 30.3 Å². The number of carbonyl (C=O) groups is 2. The molecule has 150 valence electrons. The minimum absolute atomic E-state index is 0. The van der Waals surface area contributed by atoms with Crippen molar-refractivity contribution in [2.24, 2.45) is 0 Å². The van der Waals surface area contributed by atoms with Crippen LogP contribution in [0.4, 0.5) is 0 Å². The Balaban J connectivity index is 0.00000280. The van der Waals surface area contributed by atoms with E-state index >= 15 is 0 Å². The zero-order chi connectivity index (χ0) is 19.2. The Kier molecular flexibility index (Phi) is 7.84. The Morgan fingerprint density at radius 1 is 1.14 bits per heavy atom. The molecule has 1 heterocycles. The molecule has 0 radical (unpaired) electrons. The van der Waals surface area contributed by atoms with Crippen molar-refractivity contribution < 1.29 is 14.3 Å². The number of benzene rings is 2. The van der Waals surface area contributed by atoms with Crippen LogP contribution in [0, 0.1) is 0 Å². The summed E-state index contributed by atoms with van der Waals surface area (Å²) < 4.78 is 5.13. The summed E-state index contributed by atoms with van der Waals surface area (Å²) in [7, 11) is 1.58. The van der Waals surface area contributed by atoms with E-state index < -0.39 is 6.04 Å². The predicted octanol–water partition coefficient (Wildman–Crippen LogP) is 2.41. The molecule has 2 aromatic rings. The van der Waals surface area contributed by atoms with Gasteiger partial charge in [-0.3, -0.25) is 9.59 Å².